The average molecular weight is 692 g/mol. The summed E-state index contributed by atoms with van der Waals surface area (Å²) >= 11 is 1.90. The molecular weight excluding hydrogens is 663 g/mol. The van der Waals surface area contributed by atoms with E-state index in [1.165, 1.54) is 75.1 Å². The predicted molar refractivity (Wildman–Crippen MR) is 224 cm³/mol. The molecule has 2 aliphatic rings. The Morgan fingerprint density at radius 2 is 1.15 bits per heavy atom. The monoisotopic (exact) mass is 691 g/mol. The zero-order valence-corrected chi connectivity index (χ0v) is 29.8. The van der Waals surface area contributed by atoms with Crippen molar-refractivity contribution in [2.24, 2.45) is 0 Å². The zero-order chi connectivity index (χ0) is 34.7. The molecule has 2 aliphatic carbocycles. The summed E-state index contributed by atoms with van der Waals surface area (Å²) in [6.45, 7) is 4.69. The molecule has 0 radical (unpaired) electrons. The molecule has 0 aliphatic heterocycles. The van der Waals surface area contributed by atoms with Crippen LogP contribution in [0, 0.1) is 0 Å². The molecule has 0 fully saturated rings. The van der Waals surface area contributed by atoms with Crippen LogP contribution in [0.4, 0.5) is 0 Å². The lowest BCUT2D eigenvalue weighted by molar-refractivity contribution is 0.660. The van der Waals surface area contributed by atoms with Crippen LogP contribution >= 0.6 is 11.3 Å². The fourth-order valence-electron chi connectivity index (χ4n) is 10.0. The van der Waals surface area contributed by atoms with Crippen molar-refractivity contribution in [2.75, 3.05) is 0 Å². The summed E-state index contributed by atoms with van der Waals surface area (Å²) in [7, 11) is 0. The van der Waals surface area contributed by atoms with Crippen LogP contribution in [0.2, 0.25) is 0 Å². The van der Waals surface area contributed by atoms with Crippen LogP contribution in [0.3, 0.4) is 0 Å². The highest BCUT2D eigenvalue weighted by Gasteiger charge is 2.37. The lowest BCUT2D eigenvalue weighted by Gasteiger charge is -2.22. The Hall–Kier alpha value is -6.36. The van der Waals surface area contributed by atoms with Crippen LogP contribution in [-0.4, -0.2) is 14.5 Å². The number of nitrogens with zero attached hydrogens (tertiary/aromatic N) is 3. The molecule has 0 unspecified atom stereocenters. The van der Waals surface area contributed by atoms with Gasteiger partial charge in [0.05, 0.1) is 22.1 Å². The minimum absolute atomic E-state index is 0.134. The SMILES string of the molecule is CC1(C)c2ccccc2-c2c(-c3nc4ccc5ccccc5c4nc3-n3c4ccc5cccc6c5c4c4c5c(ccc43)sc3cccc-6c35)cccc21. The third-order valence-corrected chi connectivity index (χ3v) is 13.4. The molecule has 0 spiro atoms. The Balaban J connectivity index is 1.26. The van der Waals surface area contributed by atoms with Gasteiger partial charge in [-0.2, -0.15) is 0 Å². The van der Waals surface area contributed by atoms with Gasteiger partial charge >= 0.3 is 0 Å². The van der Waals surface area contributed by atoms with E-state index in [2.05, 4.69) is 158 Å². The molecule has 0 saturated carbocycles. The van der Waals surface area contributed by atoms with Crippen LogP contribution < -0.4 is 0 Å². The molecule has 13 rings (SSSR count). The van der Waals surface area contributed by atoms with E-state index < -0.39 is 0 Å². The van der Waals surface area contributed by atoms with Crippen molar-refractivity contribution in [3.05, 3.63) is 151 Å². The van der Waals surface area contributed by atoms with Crippen molar-refractivity contribution in [3.63, 3.8) is 0 Å². The first kappa shape index (κ1) is 28.3. The first-order valence-electron chi connectivity index (χ1n) is 18.3. The average Bonchev–Trinajstić information content (AvgIpc) is 3.79. The van der Waals surface area contributed by atoms with Crippen molar-refractivity contribution >= 4 is 85.9 Å². The minimum Gasteiger partial charge on any atom is -0.292 e. The van der Waals surface area contributed by atoms with Crippen LogP contribution in [0.1, 0.15) is 25.0 Å². The molecule has 4 heteroatoms. The number of hydrogen-bond donors (Lipinski definition) is 0. The lowest BCUT2D eigenvalue weighted by Crippen LogP contribution is -2.14. The molecule has 3 nitrogen and oxygen atoms in total. The zero-order valence-electron chi connectivity index (χ0n) is 29.0. The van der Waals surface area contributed by atoms with Crippen molar-refractivity contribution in [2.45, 2.75) is 19.3 Å². The number of fused-ring (bicyclic) bond motifs is 7. The van der Waals surface area contributed by atoms with Crippen molar-refractivity contribution in [1.82, 2.24) is 14.5 Å². The van der Waals surface area contributed by atoms with E-state index in [-0.39, 0.29) is 5.41 Å². The van der Waals surface area contributed by atoms with Crippen molar-refractivity contribution in [3.8, 4) is 39.3 Å². The highest BCUT2D eigenvalue weighted by molar-refractivity contribution is 7.26. The van der Waals surface area contributed by atoms with Gasteiger partial charge in [-0.25, -0.2) is 9.97 Å². The minimum atomic E-state index is -0.134. The molecule has 0 saturated heterocycles. The van der Waals surface area contributed by atoms with E-state index in [0.29, 0.717) is 0 Å². The summed E-state index contributed by atoms with van der Waals surface area (Å²) in [5, 5.41) is 10.2. The molecule has 53 heavy (non-hydrogen) atoms. The second-order valence-electron chi connectivity index (χ2n) is 15.3. The molecule has 0 atom stereocenters. The number of aromatic nitrogens is 3. The standard InChI is InChI=1S/C49H29N3S/c1-49(2)33-17-6-5-13-31(33)41-32(16-8-18-34(41)49)47-48(51-46-28-12-4-3-10-26(28)20-22-35(46)50-47)52-36-23-21-27-11-7-14-29-30-15-9-19-38-42(30)45-39(53-38)25-24-37(52)44(45)43(36)40(27)29/h3-25H,1-2H3. The molecule has 11 aromatic rings. The first-order chi connectivity index (χ1) is 26.1. The highest BCUT2D eigenvalue weighted by Crippen LogP contribution is 2.55. The molecule has 8 aromatic carbocycles. The molecule has 0 N–H and O–H groups in total. The largest absolute Gasteiger partial charge is 0.292 e. The summed E-state index contributed by atoms with van der Waals surface area (Å²) in [5.74, 6) is 0.862. The van der Waals surface area contributed by atoms with Gasteiger partial charge in [-0.3, -0.25) is 4.57 Å². The topological polar surface area (TPSA) is 30.7 Å². The highest BCUT2D eigenvalue weighted by atomic mass is 32.1. The fourth-order valence-corrected chi connectivity index (χ4v) is 11.2. The molecule has 246 valence electrons. The Bertz CT molecular complexity index is 3490. The lowest BCUT2D eigenvalue weighted by atomic mass is 9.82. The van der Waals surface area contributed by atoms with Crippen LogP contribution in [-0.2, 0) is 5.41 Å². The second kappa shape index (κ2) is 9.54. The summed E-state index contributed by atoms with van der Waals surface area (Å²) in [6.07, 6.45) is 0. The first-order valence-corrected chi connectivity index (χ1v) is 19.2. The van der Waals surface area contributed by atoms with Gasteiger partial charge in [0.2, 0.25) is 0 Å². The quantitative estimate of drug-likeness (QED) is 0.169. The van der Waals surface area contributed by atoms with E-state index in [1.807, 2.05) is 11.3 Å². The Labute approximate surface area is 308 Å². The van der Waals surface area contributed by atoms with Gasteiger partial charge in [0, 0.05) is 47.3 Å². The third kappa shape index (κ3) is 3.37. The smallest absolute Gasteiger partial charge is 0.165 e. The van der Waals surface area contributed by atoms with Gasteiger partial charge in [0.1, 0.15) is 5.69 Å². The third-order valence-electron chi connectivity index (χ3n) is 12.3. The Kier molecular flexibility index (Phi) is 5.09. The van der Waals surface area contributed by atoms with Gasteiger partial charge in [0.15, 0.2) is 5.82 Å². The molecular formula is C49H29N3S. The summed E-state index contributed by atoms with van der Waals surface area (Å²) in [5.41, 5.74) is 13.9. The number of rotatable bonds is 2. The second-order valence-corrected chi connectivity index (χ2v) is 16.3. The van der Waals surface area contributed by atoms with E-state index in [4.69, 9.17) is 9.97 Å². The van der Waals surface area contributed by atoms with Gasteiger partial charge in [0.25, 0.3) is 0 Å². The van der Waals surface area contributed by atoms with Gasteiger partial charge in [-0.05, 0) is 79.9 Å². The van der Waals surface area contributed by atoms with Crippen LogP contribution in [0.25, 0.3) is 114 Å². The van der Waals surface area contributed by atoms with Crippen molar-refractivity contribution < 1.29 is 0 Å². The summed E-state index contributed by atoms with van der Waals surface area (Å²) in [6, 6.07) is 51.5. The maximum absolute atomic E-state index is 5.77. The maximum atomic E-state index is 5.77. The maximum Gasteiger partial charge on any atom is 0.165 e. The van der Waals surface area contributed by atoms with Crippen molar-refractivity contribution in [1.29, 1.82) is 0 Å². The normalized spacial score (nSPS) is 14.0. The van der Waals surface area contributed by atoms with E-state index >= 15 is 0 Å². The Morgan fingerprint density at radius 1 is 0.491 bits per heavy atom. The number of benzene rings is 8. The van der Waals surface area contributed by atoms with E-state index in [0.717, 1.165) is 49.9 Å². The van der Waals surface area contributed by atoms with Crippen LogP contribution in [0.5, 0.6) is 0 Å². The number of thiophene rings is 1. The van der Waals surface area contributed by atoms with E-state index in [9.17, 15) is 0 Å². The summed E-state index contributed by atoms with van der Waals surface area (Å²) in [4.78, 5) is 11.4. The van der Waals surface area contributed by atoms with E-state index in [1.54, 1.807) is 0 Å². The fraction of sp³-hybridized carbons (Fsp3) is 0.0612. The Morgan fingerprint density at radius 3 is 2.08 bits per heavy atom. The van der Waals surface area contributed by atoms with Gasteiger partial charge < -0.3 is 0 Å². The van der Waals surface area contributed by atoms with Crippen LogP contribution in [0.15, 0.2) is 140 Å². The molecule has 3 heterocycles. The summed E-state index contributed by atoms with van der Waals surface area (Å²) < 4.78 is 5.08. The van der Waals surface area contributed by atoms with Gasteiger partial charge in [-0.1, -0.05) is 123 Å². The molecule has 0 bridgehead atoms. The molecule has 3 aromatic heterocycles. The van der Waals surface area contributed by atoms with Gasteiger partial charge in [-0.15, -0.1) is 11.3 Å². The number of hydrogen-bond acceptors (Lipinski definition) is 3. The predicted octanol–water partition coefficient (Wildman–Crippen LogP) is 13.4. The molecule has 0 amide bonds.